The molecule has 0 spiro atoms. The molecule has 53 heavy (non-hydrogen) atoms. The Bertz CT molecular complexity index is 3130. The fraction of sp³-hybridized carbons (Fsp3) is 0. The van der Waals surface area contributed by atoms with Crippen molar-refractivity contribution in [1.82, 2.24) is 4.57 Å². The minimum absolute atomic E-state index is 0.903. The lowest BCUT2D eigenvalue weighted by Crippen LogP contribution is -2.10. The van der Waals surface area contributed by atoms with Crippen LogP contribution in [0.2, 0.25) is 0 Å². The molecule has 248 valence electrons. The monoisotopic (exact) mass is 676 g/mol. The van der Waals surface area contributed by atoms with E-state index in [1.54, 1.807) is 0 Å². The average Bonchev–Trinajstić information content (AvgIpc) is 3.77. The maximum atomic E-state index is 6.24. The SMILES string of the molecule is c1cc(N(c2ccc(-c3cccc4oc5ccccc5c34)cc2)c2ccc3c(ccc4ccccc43)c2)cc(-n2c3ccccc3c3ccccc32)c1. The van der Waals surface area contributed by atoms with Crippen molar-refractivity contribution in [3.63, 3.8) is 0 Å². The minimum atomic E-state index is 0.903. The number of nitrogens with zero attached hydrogens (tertiary/aromatic N) is 2. The van der Waals surface area contributed by atoms with Gasteiger partial charge in [-0.25, -0.2) is 0 Å². The topological polar surface area (TPSA) is 21.3 Å². The number of hydrogen-bond acceptors (Lipinski definition) is 2. The average molecular weight is 677 g/mol. The van der Waals surface area contributed by atoms with Crippen LogP contribution in [-0.2, 0) is 0 Å². The Morgan fingerprint density at radius 3 is 1.79 bits per heavy atom. The summed E-state index contributed by atoms with van der Waals surface area (Å²) in [5.41, 5.74) is 10.9. The van der Waals surface area contributed by atoms with Crippen LogP contribution in [0.4, 0.5) is 17.1 Å². The van der Waals surface area contributed by atoms with Gasteiger partial charge < -0.3 is 13.9 Å². The molecule has 2 heterocycles. The first-order chi connectivity index (χ1) is 26.3. The molecule has 0 saturated carbocycles. The molecule has 11 rings (SSSR count). The van der Waals surface area contributed by atoms with Crippen LogP contribution < -0.4 is 4.90 Å². The summed E-state index contributed by atoms with van der Waals surface area (Å²) in [6.45, 7) is 0. The Kier molecular flexibility index (Phi) is 6.55. The van der Waals surface area contributed by atoms with Gasteiger partial charge in [0.15, 0.2) is 0 Å². The number of anilines is 3. The first-order valence-corrected chi connectivity index (χ1v) is 18.1. The standard InChI is InChI=1S/C50H32N2O/c1-2-14-40-33(11-1)23-24-35-31-39(29-30-41(35)40)51(36-27-25-34(26-28-36)42-18-10-22-49-50(42)45-17-5-8-21-48(45)53-49)37-12-9-13-38(32-37)52-46-19-6-3-15-43(46)44-16-4-7-20-47(44)52/h1-32H. The van der Waals surface area contributed by atoms with Gasteiger partial charge in [-0.1, -0.05) is 127 Å². The van der Waals surface area contributed by atoms with Crippen molar-refractivity contribution in [3.05, 3.63) is 194 Å². The van der Waals surface area contributed by atoms with Gasteiger partial charge in [0.25, 0.3) is 0 Å². The Balaban J connectivity index is 1.10. The Hall–Kier alpha value is -7.10. The Labute approximate surface area is 306 Å². The summed E-state index contributed by atoms with van der Waals surface area (Å²) >= 11 is 0. The van der Waals surface area contributed by atoms with Crippen molar-refractivity contribution in [2.75, 3.05) is 4.90 Å². The molecule has 0 fully saturated rings. The van der Waals surface area contributed by atoms with Crippen molar-refractivity contribution in [2.24, 2.45) is 0 Å². The van der Waals surface area contributed by atoms with Crippen molar-refractivity contribution in [1.29, 1.82) is 0 Å². The van der Waals surface area contributed by atoms with Gasteiger partial charge in [0.05, 0.1) is 11.0 Å². The second-order valence-electron chi connectivity index (χ2n) is 13.7. The van der Waals surface area contributed by atoms with E-state index >= 15 is 0 Å². The molecule has 0 unspecified atom stereocenters. The number of para-hydroxylation sites is 3. The van der Waals surface area contributed by atoms with E-state index in [1.807, 2.05) is 12.1 Å². The van der Waals surface area contributed by atoms with E-state index in [-0.39, 0.29) is 0 Å². The highest BCUT2D eigenvalue weighted by molar-refractivity contribution is 6.13. The summed E-state index contributed by atoms with van der Waals surface area (Å²) in [7, 11) is 0. The molecular weight excluding hydrogens is 645 g/mol. The second-order valence-corrected chi connectivity index (χ2v) is 13.7. The van der Waals surface area contributed by atoms with Gasteiger partial charge in [-0.3, -0.25) is 0 Å². The summed E-state index contributed by atoms with van der Waals surface area (Å²) in [5, 5.41) is 9.76. The molecule has 0 aliphatic carbocycles. The number of rotatable bonds is 5. The van der Waals surface area contributed by atoms with E-state index in [0.29, 0.717) is 0 Å². The minimum Gasteiger partial charge on any atom is -0.456 e. The van der Waals surface area contributed by atoms with Crippen LogP contribution in [0, 0.1) is 0 Å². The van der Waals surface area contributed by atoms with E-state index < -0.39 is 0 Å². The molecule has 0 aliphatic heterocycles. The lowest BCUT2D eigenvalue weighted by Gasteiger charge is -2.27. The third-order valence-electron chi connectivity index (χ3n) is 10.8. The maximum Gasteiger partial charge on any atom is 0.136 e. The van der Waals surface area contributed by atoms with Gasteiger partial charge in [0.2, 0.25) is 0 Å². The zero-order valence-corrected chi connectivity index (χ0v) is 28.8. The number of hydrogen-bond donors (Lipinski definition) is 0. The van der Waals surface area contributed by atoms with E-state index in [9.17, 15) is 0 Å². The molecule has 0 N–H and O–H groups in total. The molecule has 0 amide bonds. The molecule has 3 heteroatoms. The summed E-state index contributed by atoms with van der Waals surface area (Å²) in [5.74, 6) is 0. The van der Waals surface area contributed by atoms with E-state index in [0.717, 1.165) is 55.8 Å². The quantitative estimate of drug-likeness (QED) is 0.169. The molecule has 0 saturated heterocycles. The molecule has 0 atom stereocenters. The first-order valence-electron chi connectivity index (χ1n) is 18.1. The molecule has 11 aromatic rings. The number of fused-ring (bicyclic) bond motifs is 9. The van der Waals surface area contributed by atoms with Crippen LogP contribution in [-0.4, -0.2) is 4.57 Å². The zero-order valence-electron chi connectivity index (χ0n) is 28.8. The summed E-state index contributed by atoms with van der Waals surface area (Å²) in [6, 6.07) is 69.8. The van der Waals surface area contributed by atoms with Crippen LogP contribution in [0.5, 0.6) is 0 Å². The van der Waals surface area contributed by atoms with Gasteiger partial charge in [-0.2, -0.15) is 0 Å². The Morgan fingerprint density at radius 1 is 0.377 bits per heavy atom. The van der Waals surface area contributed by atoms with Crippen LogP contribution >= 0.6 is 0 Å². The predicted octanol–water partition coefficient (Wildman–Crippen LogP) is 14.1. The molecule has 9 aromatic carbocycles. The van der Waals surface area contributed by atoms with Gasteiger partial charge >= 0.3 is 0 Å². The van der Waals surface area contributed by atoms with Gasteiger partial charge in [0.1, 0.15) is 11.2 Å². The summed E-state index contributed by atoms with van der Waals surface area (Å²) in [4.78, 5) is 2.38. The van der Waals surface area contributed by atoms with Crippen molar-refractivity contribution >= 4 is 82.4 Å². The zero-order chi connectivity index (χ0) is 34.9. The molecule has 0 bridgehead atoms. The van der Waals surface area contributed by atoms with Crippen LogP contribution in [0.15, 0.2) is 199 Å². The largest absolute Gasteiger partial charge is 0.456 e. The highest BCUT2D eigenvalue weighted by Crippen LogP contribution is 2.42. The van der Waals surface area contributed by atoms with Crippen LogP contribution in [0.1, 0.15) is 0 Å². The fourth-order valence-electron chi connectivity index (χ4n) is 8.36. The Morgan fingerprint density at radius 2 is 0.981 bits per heavy atom. The highest BCUT2D eigenvalue weighted by atomic mass is 16.3. The first kappa shape index (κ1) is 29.6. The lowest BCUT2D eigenvalue weighted by atomic mass is 9.98. The third-order valence-corrected chi connectivity index (χ3v) is 10.8. The summed E-state index contributed by atoms with van der Waals surface area (Å²) < 4.78 is 8.63. The maximum absolute atomic E-state index is 6.24. The van der Waals surface area contributed by atoms with E-state index in [2.05, 4.69) is 191 Å². The van der Waals surface area contributed by atoms with Crippen molar-refractivity contribution in [2.45, 2.75) is 0 Å². The molecule has 2 aromatic heterocycles. The summed E-state index contributed by atoms with van der Waals surface area (Å²) in [6.07, 6.45) is 0. The third kappa shape index (κ3) is 4.68. The van der Waals surface area contributed by atoms with E-state index in [1.165, 1.54) is 43.4 Å². The van der Waals surface area contributed by atoms with Crippen LogP contribution in [0.25, 0.3) is 82.1 Å². The highest BCUT2D eigenvalue weighted by Gasteiger charge is 2.18. The smallest absolute Gasteiger partial charge is 0.136 e. The molecule has 3 nitrogen and oxygen atoms in total. The van der Waals surface area contributed by atoms with Crippen molar-refractivity contribution < 1.29 is 4.42 Å². The fourth-order valence-corrected chi connectivity index (χ4v) is 8.36. The molecule has 0 aliphatic rings. The second kappa shape index (κ2) is 11.7. The predicted molar refractivity (Wildman–Crippen MR) is 223 cm³/mol. The number of aromatic nitrogens is 1. The van der Waals surface area contributed by atoms with Crippen LogP contribution in [0.3, 0.4) is 0 Å². The normalized spacial score (nSPS) is 11.8. The number of furan rings is 1. The van der Waals surface area contributed by atoms with Gasteiger partial charge in [-0.05, 0) is 99.4 Å². The van der Waals surface area contributed by atoms with E-state index in [4.69, 9.17) is 4.42 Å². The van der Waals surface area contributed by atoms with Gasteiger partial charge in [0, 0.05) is 44.3 Å². The number of benzene rings is 9. The van der Waals surface area contributed by atoms with Crippen molar-refractivity contribution in [3.8, 4) is 16.8 Å². The molecular formula is C50H32N2O. The van der Waals surface area contributed by atoms with Gasteiger partial charge in [-0.15, -0.1) is 0 Å². The molecule has 0 radical (unpaired) electrons. The lowest BCUT2D eigenvalue weighted by molar-refractivity contribution is 0.669.